The number of halogens is 1. The molecule has 7 heteroatoms. The molecule has 2 aromatic carbocycles. The van der Waals surface area contributed by atoms with Gasteiger partial charge >= 0.3 is 0 Å². The first-order valence-corrected chi connectivity index (χ1v) is 9.21. The van der Waals surface area contributed by atoms with Crippen LogP contribution < -0.4 is 10.1 Å². The molecule has 0 spiro atoms. The number of hydrogen-bond acceptors (Lipinski definition) is 6. The van der Waals surface area contributed by atoms with E-state index in [1.807, 2.05) is 20.8 Å². The van der Waals surface area contributed by atoms with E-state index in [1.165, 1.54) is 0 Å². The highest BCUT2D eigenvalue weighted by atomic mass is 79.9. The Morgan fingerprint density at radius 2 is 1.54 bits per heavy atom. The van der Waals surface area contributed by atoms with E-state index in [9.17, 15) is 0 Å². The molecule has 0 saturated heterocycles. The van der Waals surface area contributed by atoms with E-state index in [2.05, 4.69) is 43.4 Å². The number of anilines is 2. The van der Waals surface area contributed by atoms with Gasteiger partial charge in [-0.05, 0) is 84.2 Å². The summed E-state index contributed by atoms with van der Waals surface area (Å²) in [6.07, 6.45) is 0. The lowest BCUT2D eigenvalue weighted by molar-refractivity contribution is 0.451. The fourth-order valence-electron chi connectivity index (χ4n) is 2.69. The number of nitrogens with one attached hydrogen (secondary N) is 1. The normalized spacial score (nSPS) is 10.1. The minimum atomic E-state index is 0.375. The first-order valence-electron chi connectivity index (χ1n) is 8.41. The SMILES string of the molecule is Cc1cc(C#N)cc(C)c1Oc1nc(Nc2ccc(C#N)cc2)nc(C)c1Br. The summed E-state index contributed by atoms with van der Waals surface area (Å²) in [5.74, 6) is 1.41. The smallest absolute Gasteiger partial charge is 0.238 e. The molecular formula is C21H16BrN5O. The number of aryl methyl sites for hydroxylation is 3. The average molecular weight is 434 g/mol. The molecule has 28 heavy (non-hydrogen) atoms. The largest absolute Gasteiger partial charge is 0.437 e. The molecule has 6 nitrogen and oxygen atoms in total. The molecule has 0 amide bonds. The number of ether oxygens (including phenoxy) is 1. The molecule has 3 aromatic rings. The van der Waals surface area contributed by atoms with Crippen molar-refractivity contribution in [2.75, 3.05) is 5.32 Å². The van der Waals surface area contributed by atoms with Crippen LogP contribution in [0.3, 0.4) is 0 Å². The van der Waals surface area contributed by atoms with Crippen LogP contribution in [-0.4, -0.2) is 9.97 Å². The predicted molar refractivity (Wildman–Crippen MR) is 110 cm³/mol. The van der Waals surface area contributed by atoms with Crippen molar-refractivity contribution in [3.63, 3.8) is 0 Å². The van der Waals surface area contributed by atoms with E-state index in [0.29, 0.717) is 38.9 Å². The summed E-state index contributed by atoms with van der Waals surface area (Å²) >= 11 is 3.49. The Labute approximate surface area is 171 Å². The van der Waals surface area contributed by atoms with Crippen LogP contribution in [0.1, 0.15) is 27.9 Å². The van der Waals surface area contributed by atoms with E-state index in [1.54, 1.807) is 36.4 Å². The summed E-state index contributed by atoms with van der Waals surface area (Å²) in [4.78, 5) is 8.90. The quantitative estimate of drug-likeness (QED) is 0.587. The van der Waals surface area contributed by atoms with E-state index in [0.717, 1.165) is 16.8 Å². The summed E-state index contributed by atoms with van der Waals surface area (Å²) in [6, 6.07) is 14.8. The average Bonchev–Trinajstić information content (AvgIpc) is 2.68. The predicted octanol–water partition coefficient (Wildman–Crippen LogP) is 5.44. The molecule has 0 saturated carbocycles. The van der Waals surface area contributed by atoms with Crippen LogP contribution >= 0.6 is 15.9 Å². The maximum absolute atomic E-state index is 9.11. The van der Waals surface area contributed by atoms with Gasteiger partial charge in [-0.1, -0.05) is 0 Å². The van der Waals surface area contributed by atoms with E-state index >= 15 is 0 Å². The van der Waals surface area contributed by atoms with Crippen molar-refractivity contribution in [1.82, 2.24) is 9.97 Å². The topological polar surface area (TPSA) is 94.6 Å². The second kappa shape index (κ2) is 8.08. The van der Waals surface area contributed by atoms with Gasteiger partial charge in [0.25, 0.3) is 0 Å². The third-order valence-corrected chi connectivity index (χ3v) is 4.96. The summed E-state index contributed by atoms with van der Waals surface area (Å²) < 4.78 is 6.73. The van der Waals surface area contributed by atoms with Crippen molar-refractivity contribution in [2.24, 2.45) is 0 Å². The Morgan fingerprint density at radius 3 is 2.11 bits per heavy atom. The Morgan fingerprint density at radius 1 is 0.929 bits per heavy atom. The molecule has 1 heterocycles. The molecule has 1 aromatic heterocycles. The molecule has 3 rings (SSSR count). The first-order chi connectivity index (χ1) is 13.4. The van der Waals surface area contributed by atoms with Crippen LogP contribution in [-0.2, 0) is 0 Å². The number of hydrogen-bond donors (Lipinski definition) is 1. The van der Waals surface area contributed by atoms with Crippen molar-refractivity contribution in [1.29, 1.82) is 10.5 Å². The van der Waals surface area contributed by atoms with Gasteiger partial charge in [0, 0.05) is 5.69 Å². The van der Waals surface area contributed by atoms with E-state index in [4.69, 9.17) is 15.3 Å². The maximum atomic E-state index is 9.11. The van der Waals surface area contributed by atoms with Crippen molar-refractivity contribution in [3.05, 3.63) is 68.8 Å². The molecule has 0 radical (unpaired) electrons. The molecule has 1 N–H and O–H groups in total. The molecule has 0 aliphatic heterocycles. The molecule has 0 aliphatic carbocycles. The second-order valence-corrected chi connectivity index (χ2v) is 7.01. The molecule has 0 atom stereocenters. The fourth-order valence-corrected chi connectivity index (χ4v) is 2.94. The third kappa shape index (κ3) is 4.11. The number of benzene rings is 2. The van der Waals surface area contributed by atoms with Gasteiger partial charge < -0.3 is 10.1 Å². The molecular weight excluding hydrogens is 418 g/mol. The molecule has 0 unspecified atom stereocenters. The fraction of sp³-hybridized carbons (Fsp3) is 0.143. The van der Waals surface area contributed by atoms with Gasteiger partial charge in [-0.15, -0.1) is 0 Å². The summed E-state index contributed by atoms with van der Waals surface area (Å²) in [5.41, 5.74) is 4.34. The van der Waals surface area contributed by atoms with Gasteiger partial charge in [-0.2, -0.15) is 15.5 Å². The first kappa shape index (κ1) is 19.3. The highest BCUT2D eigenvalue weighted by molar-refractivity contribution is 9.10. The van der Waals surface area contributed by atoms with Crippen LogP contribution in [0.2, 0.25) is 0 Å². The van der Waals surface area contributed by atoms with Gasteiger partial charge in [0.15, 0.2) is 0 Å². The zero-order chi connectivity index (χ0) is 20.3. The second-order valence-electron chi connectivity index (χ2n) is 6.22. The van der Waals surface area contributed by atoms with Crippen molar-refractivity contribution in [2.45, 2.75) is 20.8 Å². The number of nitrogens with zero attached hydrogens (tertiary/aromatic N) is 4. The lowest BCUT2D eigenvalue weighted by Gasteiger charge is -2.15. The van der Waals surface area contributed by atoms with Gasteiger partial charge in [0.2, 0.25) is 11.8 Å². The molecule has 0 fully saturated rings. The minimum Gasteiger partial charge on any atom is -0.437 e. The Kier molecular flexibility index (Phi) is 5.58. The lowest BCUT2D eigenvalue weighted by Crippen LogP contribution is -2.03. The highest BCUT2D eigenvalue weighted by Crippen LogP contribution is 2.35. The van der Waals surface area contributed by atoms with Gasteiger partial charge in [0.05, 0.1) is 29.0 Å². The van der Waals surface area contributed by atoms with Gasteiger partial charge in [0.1, 0.15) is 10.2 Å². The van der Waals surface area contributed by atoms with Crippen LogP contribution in [0.4, 0.5) is 11.6 Å². The zero-order valence-electron chi connectivity index (χ0n) is 15.5. The summed E-state index contributed by atoms with van der Waals surface area (Å²) in [6.45, 7) is 5.63. The lowest BCUT2D eigenvalue weighted by atomic mass is 10.1. The molecule has 0 aliphatic rings. The van der Waals surface area contributed by atoms with Crippen LogP contribution in [0, 0.1) is 43.4 Å². The van der Waals surface area contributed by atoms with Crippen molar-refractivity contribution < 1.29 is 4.74 Å². The zero-order valence-corrected chi connectivity index (χ0v) is 17.1. The van der Waals surface area contributed by atoms with Crippen LogP contribution in [0.25, 0.3) is 0 Å². The number of aromatic nitrogens is 2. The van der Waals surface area contributed by atoms with E-state index in [-0.39, 0.29) is 0 Å². The number of nitriles is 2. The highest BCUT2D eigenvalue weighted by Gasteiger charge is 2.15. The Balaban J connectivity index is 1.94. The van der Waals surface area contributed by atoms with Crippen LogP contribution in [0.15, 0.2) is 40.9 Å². The monoisotopic (exact) mass is 433 g/mol. The third-order valence-electron chi connectivity index (χ3n) is 4.04. The molecule has 138 valence electrons. The Bertz CT molecular complexity index is 1100. The van der Waals surface area contributed by atoms with E-state index < -0.39 is 0 Å². The minimum absolute atomic E-state index is 0.375. The summed E-state index contributed by atoms with van der Waals surface area (Å²) in [5, 5.41) is 21.1. The van der Waals surface area contributed by atoms with Gasteiger partial charge in [-0.25, -0.2) is 4.98 Å². The number of rotatable bonds is 4. The van der Waals surface area contributed by atoms with Gasteiger partial charge in [-0.3, -0.25) is 0 Å². The molecule has 0 bridgehead atoms. The standard InChI is InChI=1S/C21H16BrN5O/c1-12-8-16(11-24)9-13(2)19(12)28-20-18(22)14(3)25-21(27-20)26-17-6-4-15(10-23)5-7-17/h4-9H,1-3H3,(H,25,26,27). The van der Waals surface area contributed by atoms with Crippen molar-refractivity contribution in [3.8, 4) is 23.8 Å². The van der Waals surface area contributed by atoms with Crippen molar-refractivity contribution >= 4 is 27.6 Å². The maximum Gasteiger partial charge on any atom is 0.238 e. The Hall–Kier alpha value is -3.42. The summed E-state index contributed by atoms with van der Waals surface area (Å²) in [7, 11) is 0. The van der Waals surface area contributed by atoms with Crippen LogP contribution in [0.5, 0.6) is 11.6 Å².